The van der Waals surface area contributed by atoms with Crippen LogP contribution in [0.3, 0.4) is 0 Å². The van der Waals surface area contributed by atoms with Crippen LogP contribution in [0.5, 0.6) is 0 Å². The number of benzene rings is 1. The second kappa shape index (κ2) is 6.26. The molecule has 0 amide bonds. The first-order valence-corrected chi connectivity index (χ1v) is 6.68. The van der Waals surface area contributed by atoms with Crippen LogP contribution in [0.2, 0.25) is 0 Å². The first-order chi connectivity index (χ1) is 7.50. The van der Waals surface area contributed by atoms with Crippen LogP contribution in [0.15, 0.2) is 24.3 Å². The van der Waals surface area contributed by atoms with E-state index in [1.807, 2.05) is 17.8 Å². The fourth-order valence-electron chi connectivity index (χ4n) is 1.28. The van der Waals surface area contributed by atoms with Gasteiger partial charge in [-0.2, -0.15) is 11.8 Å². The van der Waals surface area contributed by atoms with E-state index in [-0.39, 0.29) is 11.9 Å². The second-order valence-corrected chi connectivity index (χ2v) is 5.85. The highest BCUT2D eigenvalue weighted by Crippen LogP contribution is 2.23. The number of hydrogen-bond acceptors (Lipinski definition) is 2. The molecule has 2 atom stereocenters. The molecular formula is C13H20FNS. The van der Waals surface area contributed by atoms with Gasteiger partial charge >= 0.3 is 0 Å². The zero-order valence-corrected chi connectivity index (χ0v) is 10.9. The summed E-state index contributed by atoms with van der Waals surface area (Å²) in [6, 6.07) is 6.47. The molecule has 90 valence electrons. The van der Waals surface area contributed by atoms with Crippen molar-refractivity contribution in [1.82, 2.24) is 0 Å². The molecule has 0 heterocycles. The van der Waals surface area contributed by atoms with E-state index < -0.39 is 0 Å². The number of halogens is 1. The Morgan fingerprint density at radius 2 is 2.00 bits per heavy atom. The van der Waals surface area contributed by atoms with E-state index in [1.54, 1.807) is 6.07 Å². The molecule has 0 fully saturated rings. The first kappa shape index (κ1) is 13.5. The first-order valence-electron chi connectivity index (χ1n) is 5.63. The van der Waals surface area contributed by atoms with E-state index in [0.717, 1.165) is 11.3 Å². The molecule has 0 bridgehead atoms. The Bertz CT molecular complexity index is 327. The Kier molecular flexibility index (Phi) is 5.29. The summed E-state index contributed by atoms with van der Waals surface area (Å²) in [6.45, 7) is 6.60. The van der Waals surface area contributed by atoms with Gasteiger partial charge in [-0.3, -0.25) is 0 Å². The maximum absolute atomic E-state index is 13.0. The summed E-state index contributed by atoms with van der Waals surface area (Å²) in [5.74, 6) is 1.27. The molecule has 0 aliphatic carbocycles. The van der Waals surface area contributed by atoms with Gasteiger partial charge in [0.05, 0.1) is 0 Å². The zero-order valence-electron chi connectivity index (χ0n) is 10.1. The van der Waals surface area contributed by atoms with Gasteiger partial charge in [0.25, 0.3) is 0 Å². The largest absolute Gasteiger partial charge is 0.323 e. The van der Waals surface area contributed by atoms with Crippen molar-refractivity contribution in [3.05, 3.63) is 35.6 Å². The Morgan fingerprint density at radius 1 is 1.31 bits per heavy atom. The average molecular weight is 241 g/mol. The van der Waals surface area contributed by atoms with Crippen molar-refractivity contribution in [2.24, 2.45) is 11.7 Å². The summed E-state index contributed by atoms with van der Waals surface area (Å²) in [5, 5.41) is 0.583. The van der Waals surface area contributed by atoms with Gasteiger partial charge in [0.2, 0.25) is 0 Å². The maximum atomic E-state index is 13.0. The number of hydrogen-bond donors (Lipinski definition) is 1. The SMILES string of the molecule is CC(C)C(C)SCC(N)c1cccc(F)c1. The van der Waals surface area contributed by atoms with E-state index in [1.165, 1.54) is 12.1 Å². The van der Waals surface area contributed by atoms with Crippen molar-refractivity contribution < 1.29 is 4.39 Å². The molecule has 0 aliphatic heterocycles. The van der Waals surface area contributed by atoms with Crippen LogP contribution in [0.1, 0.15) is 32.4 Å². The minimum atomic E-state index is -0.213. The normalized spacial score (nSPS) is 15.1. The molecule has 2 unspecified atom stereocenters. The molecule has 0 spiro atoms. The van der Waals surface area contributed by atoms with E-state index in [4.69, 9.17) is 5.73 Å². The summed E-state index contributed by atoms with van der Waals surface area (Å²) in [4.78, 5) is 0. The van der Waals surface area contributed by atoms with Crippen LogP contribution in [0.25, 0.3) is 0 Å². The van der Waals surface area contributed by atoms with Crippen molar-refractivity contribution >= 4 is 11.8 Å². The highest BCUT2D eigenvalue weighted by atomic mass is 32.2. The van der Waals surface area contributed by atoms with E-state index in [2.05, 4.69) is 20.8 Å². The lowest BCUT2D eigenvalue weighted by atomic mass is 10.1. The van der Waals surface area contributed by atoms with Gasteiger partial charge in [0, 0.05) is 17.0 Å². The van der Waals surface area contributed by atoms with Crippen LogP contribution < -0.4 is 5.73 Å². The molecule has 1 aromatic rings. The van der Waals surface area contributed by atoms with Crippen molar-refractivity contribution in [1.29, 1.82) is 0 Å². The molecular weight excluding hydrogens is 221 g/mol. The average Bonchev–Trinajstić information content (AvgIpc) is 2.25. The molecule has 3 heteroatoms. The molecule has 1 aromatic carbocycles. The topological polar surface area (TPSA) is 26.0 Å². The minimum Gasteiger partial charge on any atom is -0.323 e. The van der Waals surface area contributed by atoms with Gasteiger partial charge in [-0.25, -0.2) is 4.39 Å². The van der Waals surface area contributed by atoms with Crippen molar-refractivity contribution in [2.75, 3.05) is 5.75 Å². The monoisotopic (exact) mass is 241 g/mol. The van der Waals surface area contributed by atoms with Gasteiger partial charge in [-0.15, -0.1) is 0 Å². The van der Waals surface area contributed by atoms with Crippen LogP contribution >= 0.6 is 11.8 Å². The van der Waals surface area contributed by atoms with Gasteiger partial charge in [-0.1, -0.05) is 32.9 Å². The smallest absolute Gasteiger partial charge is 0.123 e. The van der Waals surface area contributed by atoms with Crippen molar-refractivity contribution in [3.8, 4) is 0 Å². The lowest BCUT2D eigenvalue weighted by Gasteiger charge is -2.18. The standard InChI is InChI=1S/C13H20FNS/c1-9(2)10(3)16-8-13(15)11-5-4-6-12(14)7-11/h4-7,9-10,13H,8,15H2,1-3H3. The predicted molar refractivity (Wildman–Crippen MR) is 70.1 cm³/mol. The Labute approximate surface area is 102 Å². The second-order valence-electron chi connectivity index (χ2n) is 4.44. The quantitative estimate of drug-likeness (QED) is 0.852. The number of nitrogens with two attached hydrogens (primary N) is 1. The van der Waals surface area contributed by atoms with E-state index >= 15 is 0 Å². The lowest BCUT2D eigenvalue weighted by Crippen LogP contribution is -2.16. The molecule has 1 nitrogen and oxygen atoms in total. The highest BCUT2D eigenvalue weighted by molar-refractivity contribution is 7.99. The fourth-order valence-corrected chi connectivity index (χ4v) is 2.37. The molecule has 0 aliphatic rings. The van der Waals surface area contributed by atoms with Crippen molar-refractivity contribution in [2.45, 2.75) is 32.1 Å². The Morgan fingerprint density at radius 3 is 2.56 bits per heavy atom. The number of rotatable bonds is 5. The third kappa shape index (κ3) is 4.14. The summed E-state index contributed by atoms with van der Waals surface area (Å²) in [7, 11) is 0. The fraction of sp³-hybridized carbons (Fsp3) is 0.538. The van der Waals surface area contributed by atoms with Crippen LogP contribution in [0.4, 0.5) is 4.39 Å². The molecule has 0 radical (unpaired) electrons. The summed E-state index contributed by atoms with van der Waals surface area (Å²) in [5.41, 5.74) is 6.90. The van der Waals surface area contributed by atoms with Crippen LogP contribution in [-0.4, -0.2) is 11.0 Å². The predicted octanol–water partition coefficient (Wildman–Crippen LogP) is 3.60. The third-order valence-corrected chi connectivity index (χ3v) is 4.38. The molecule has 0 saturated carbocycles. The molecule has 2 N–H and O–H groups in total. The lowest BCUT2D eigenvalue weighted by molar-refractivity contribution is 0.622. The van der Waals surface area contributed by atoms with Gasteiger partial charge in [0.1, 0.15) is 5.82 Å². The minimum absolute atomic E-state index is 0.0816. The zero-order chi connectivity index (χ0) is 12.1. The number of thioether (sulfide) groups is 1. The Balaban J connectivity index is 2.49. The summed E-state index contributed by atoms with van der Waals surface area (Å²) >= 11 is 1.85. The summed E-state index contributed by atoms with van der Waals surface area (Å²) < 4.78 is 13.0. The van der Waals surface area contributed by atoms with Gasteiger partial charge < -0.3 is 5.73 Å². The molecule has 0 aromatic heterocycles. The van der Waals surface area contributed by atoms with Gasteiger partial charge in [0.15, 0.2) is 0 Å². The van der Waals surface area contributed by atoms with Crippen molar-refractivity contribution in [3.63, 3.8) is 0 Å². The summed E-state index contributed by atoms with van der Waals surface area (Å²) in [6.07, 6.45) is 0. The molecule has 0 saturated heterocycles. The Hall–Kier alpha value is -0.540. The van der Waals surface area contributed by atoms with Crippen LogP contribution in [0, 0.1) is 11.7 Å². The third-order valence-electron chi connectivity index (χ3n) is 2.75. The molecule has 16 heavy (non-hydrogen) atoms. The van der Waals surface area contributed by atoms with E-state index in [0.29, 0.717) is 11.2 Å². The van der Waals surface area contributed by atoms with Gasteiger partial charge in [-0.05, 0) is 23.6 Å². The van der Waals surface area contributed by atoms with E-state index in [9.17, 15) is 4.39 Å². The van der Waals surface area contributed by atoms with Crippen LogP contribution in [-0.2, 0) is 0 Å². The maximum Gasteiger partial charge on any atom is 0.123 e. The molecule has 1 rings (SSSR count). The highest BCUT2D eigenvalue weighted by Gasteiger charge is 2.12.